The number of anilines is 2. The molecule has 0 aromatic heterocycles. The summed E-state index contributed by atoms with van der Waals surface area (Å²) in [5.74, 6) is 0. The van der Waals surface area contributed by atoms with E-state index >= 15 is 0 Å². The summed E-state index contributed by atoms with van der Waals surface area (Å²) < 4.78 is 0. The van der Waals surface area contributed by atoms with Gasteiger partial charge in [-0.2, -0.15) is 5.26 Å². The van der Waals surface area contributed by atoms with Crippen molar-refractivity contribution >= 4 is 11.4 Å². The fraction of sp³-hybridized carbons (Fsp3) is 0.533. The van der Waals surface area contributed by atoms with Gasteiger partial charge in [0.1, 0.15) is 6.07 Å². The molecule has 102 valence electrons. The summed E-state index contributed by atoms with van der Waals surface area (Å²) in [4.78, 5) is 4.86. The van der Waals surface area contributed by atoms with E-state index < -0.39 is 0 Å². The summed E-state index contributed by atoms with van der Waals surface area (Å²) in [7, 11) is 0. The van der Waals surface area contributed by atoms with Crippen molar-refractivity contribution in [2.45, 2.75) is 26.3 Å². The number of nitriles is 1. The third-order valence-corrected chi connectivity index (χ3v) is 4.05. The van der Waals surface area contributed by atoms with Crippen LogP contribution in [0.5, 0.6) is 0 Å². The lowest BCUT2D eigenvalue weighted by Crippen LogP contribution is -2.49. The third kappa shape index (κ3) is 2.99. The van der Waals surface area contributed by atoms with Crippen LogP contribution in [0.15, 0.2) is 18.2 Å². The van der Waals surface area contributed by atoms with E-state index in [0.29, 0.717) is 17.3 Å². The van der Waals surface area contributed by atoms with Gasteiger partial charge in [0.25, 0.3) is 0 Å². The first-order chi connectivity index (χ1) is 9.15. The van der Waals surface area contributed by atoms with Gasteiger partial charge >= 0.3 is 0 Å². The Hall–Kier alpha value is -1.73. The maximum Gasteiger partial charge on any atom is 0.101 e. The van der Waals surface area contributed by atoms with Crippen molar-refractivity contribution in [1.29, 1.82) is 5.26 Å². The first kappa shape index (κ1) is 13.7. The number of nitrogen functional groups attached to an aromatic ring is 1. The van der Waals surface area contributed by atoms with Crippen LogP contribution in [0.1, 0.15) is 25.8 Å². The van der Waals surface area contributed by atoms with Gasteiger partial charge in [0, 0.05) is 43.6 Å². The van der Waals surface area contributed by atoms with Crippen molar-refractivity contribution in [2.24, 2.45) is 0 Å². The fourth-order valence-electron chi connectivity index (χ4n) is 2.52. The molecule has 0 radical (unpaired) electrons. The molecule has 0 aliphatic carbocycles. The molecule has 0 bridgehead atoms. The quantitative estimate of drug-likeness (QED) is 0.843. The van der Waals surface area contributed by atoms with Gasteiger partial charge in [-0.25, -0.2) is 0 Å². The highest BCUT2D eigenvalue weighted by atomic mass is 15.3. The van der Waals surface area contributed by atoms with Crippen molar-refractivity contribution in [3.8, 4) is 6.07 Å². The second kappa shape index (κ2) is 5.94. The second-order valence-corrected chi connectivity index (χ2v) is 5.16. The second-order valence-electron chi connectivity index (χ2n) is 5.16. The summed E-state index contributed by atoms with van der Waals surface area (Å²) in [5, 5.41) is 9.03. The Labute approximate surface area is 115 Å². The van der Waals surface area contributed by atoms with Gasteiger partial charge in [0.15, 0.2) is 0 Å². The Morgan fingerprint density at radius 2 is 2.00 bits per heavy atom. The predicted molar refractivity (Wildman–Crippen MR) is 79.1 cm³/mol. The molecule has 1 heterocycles. The van der Waals surface area contributed by atoms with Crippen molar-refractivity contribution in [2.75, 3.05) is 36.8 Å². The lowest BCUT2D eigenvalue weighted by molar-refractivity contribution is 0.193. The zero-order valence-corrected chi connectivity index (χ0v) is 11.8. The summed E-state index contributed by atoms with van der Waals surface area (Å²) in [6.45, 7) is 8.71. The highest BCUT2D eigenvalue weighted by molar-refractivity contribution is 5.62. The van der Waals surface area contributed by atoms with Gasteiger partial charge in [-0.1, -0.05) is 6.92 Å². The summed E-state index contributed by atoms with van der Waals surface area (Å²) >= 11 is 0. The first-order valence-corrected chi connectivity index (χ1v) is 6.94. The van der Waals surface area contributed by atoms with Crippen molar-refractivity contribution in [3.63, 3.8) is 0 Å². The van der Waals surface area contributed by atoms with Crippen LogP contribution in [-0.2, 0) is 0 Å². The van der Waals surface area contributed by atoms with Gasteiger partial charge in [0.2, 0.25) is 0 Å². The SMILES string of the molecule is CCC(C)N1CCN(c2ccc(N)c(C#N)c2)CC1. The summed E-state index contributed by atoms with van der Waals surface area (Å²) in [5.41, 5.74) is 8.00. The molecule has 1 atom stereocenters. The van der Waals surface area contributed by atoms with Crippen LogP contribution in [0.4, 0.5) is 11.4 Å². The van der Waals surface area contributed by atoms with Gasteiger partial charge in [-0.3, -0.25) is 4.90 Å². The van der Waals surface area contributed by atoms with Crippen LogP contribution in [0.3, 0.4) is 0 Å². The number of nitrogens with two attached hydrogens (primary N) is 1. The Bertz CT molecular complexity index is 470. The van der Waals surface area contributed by atoms with Crippen LogP contribution >= 0.6 is 0 Å². The first-order valence-electron chi connectivity index (χ1n) is 6.94. The molecule has 0 spiro atoms. The lowest BCUT2D eigenvalue weighted by Gasteiger charge is -2.39. The van der Waals surface area contributed by atoms with E-state index in [1.54, 1.807) is 0 Å². The highest BCUT2D eigenvalue weighted by Gasteiger charge is 2.20. The van der Waals surface area contributed by atoms with Crippen molar-refractivity contribution in [3.05, 3.63) is 23.8 Å². The average molecular weight is 258 g/mol. The van der Waals surface area contributed by atoms with Crippen molar-refractivity contribution < 1.29 is 0 Å². The number of hydrogen-bond acceptors (Lipinski definition) is 4. The number of hydrogen-bond donors (Lipinski definition) is 1. The van der Waals surface area contributed by atoms with Gasteiger partial charge < -0.3 is 10.6 Å². The minimum atomic E-state index is 0.560. The largest absolute Gasteiger partial charge is 0.398 e. The topological polar surface area (TPSA) is 56.3 Å². The molecule has 0 amide bonds. The Morgan fingerprint density at radius 1 is 1.32 bits per heavy atom. The van der Waals surface area contributed by atoms with E-state index in [9.17, 15) is 0 Å². The van der Waals surface area contributed by atoms with E-state index in [2.05, 4.69) is 29.7 Å². The molecule has 19 heavy (non-hydrogen) atoms. The molecule has 1 aliphatic rings. The van der Waals surface area contributed by atoms with E-state index in [1.807, 2.05) is 18.2 Å². The Kier molecular flexibility index (Phi) is 4.28. The Balaban J connectivity index is 2.04. The van der Waals surface area contributed by atoms with E-state index in [0.717, 1.165) is 31.9 Å². The van der Waals surface area contributed by atoms with Crippen LogP contribution in [-0.4, -0.2) is 37.1 Å². The number of benzene rings is 1. The van der Waals surface area contributed by atoms with E-state index in [4.69, 9.17) is 11.0 Å². The number of nitrogens with zero attached hydrogens (tertiary/aromatic N) is 3. The van der Waals surface area contributed by atoms with Gasteiger partial charge in [-0.15, -0.1) is 0 Å². The maximum absolute atomic E-state index is 9.03. The molecular formula is C15H22N4. The number of piperazine rings is 1. The zero-order valence-electron chi connectivity index (χ0n) is 11.8. The van der Waals surface area contributed by atoms with Crippen LogP contribution in [0, 0.1) is 11.3 Å². The molecular weight excluding hydrogens is 236 g/mol. The average Bonchev–Trinajstić information content (AvgIpc) is 2.47. The fourth-order valence-corrected chi connectivity index (χ4v) is 2.52. The molecule has 0 saturated carbocycles. The normalized spacial score (nSPS) is 18.1. The van der Waals surface area contributed by atoms with Crippen LogP contribution < -0.4 is 10.6 Å². The minimum Gasteiger partial charge on any atom is -0.398 e. The molecule has 2 rings (SSSR count). The van der Waals surface area contributed by atoms with Crippen LogP contribution in [0.25, 0.3) is 0 Å². The van der Waals surface area contributed by atoms with E-state index in [1.165, 1.54) is 6.42 Å². The molecule has 1 aliphatic heterocycles. The number of rotatable bonds is 3. The van der Waals surface area contributed by atoms with Gasteiger partial charge in [0.05, 0.1) is 5.56 Å². The molecule has 1 saturated heterocycles. The zero-order chi connectivity index (χ0) is 13.8. The molecule has 4 nitrogen and oxygen atoms in total. The van der Waals surface area contributed by atoms with E-state index in [-0.39, 0.29) is 0 Å². The molecule has 4 heteroatoms. The molecule has 1 aromatic rings. The van der Waals surface area contributed by atoms with Crippen LogP contribution in [0.2, 0.25) is 0 Å². The van der Waals surface area contributed by atoms with Crippen molar-refractivity contribution in [1.82, 2.24) is 4.90 Å². The molecule has 1 aromatic carbocycles. The molecule has 1 unspecified atom stereocenters. The lowest BCUT2D eigenvalue weighted by atomic mass is 10.1. The molecule has 2 N–H and O–H groups in total. The summed E-state index contributed by atoms with van der Waals surface area (Å²) in [6, 6.07) is 8.54. The molecule has 1 fully saturated rings. The highest BCUT2D eigenvalue weighted by Crippen LogP contribution is 2.22. The Morgan fingerprint density at radius 3 is 2.58 bits per heavy atom. The smallest absolute Gasteiger partial charge is 0.101 e. The maximum atomic E-state index is 9.03. The van der Waals surface area contributed by atoms with Gasteiger partial charge in [-0.05, 0) is 31.5 Å². The predicted octanol–water partition coefficient (Wildman–Crippen LogP) is 2.06. The monoisotopic (exact) mass is 258 g/mol. The third-order valence-electron chi connectivity index (χ3n) is 4.05. The summed E-state index contributed by atoms with van der Waals surface area (Å²) in [6.07, 6.45) is 1.19. The standard InChI is InChI=1S/C15H22N4/c1-3-12(2)18-6-8-19(9-7-18)14-4-5-15(17)13(10-14)11-16/h4-5,10,12H,3,6-9,17H2,1-2H3. The minimum absolute atomic E-state index is 0.560.